The Morgan fingerprint density at radius 2 is 2.15 bits per heavy atom. The fraction of sp³-hybridized carbons (Fsp3) is 0.429. The predicted octanol–water partition coefficient (Wildman–Crippen LogP) is 1.85. The van der Waals surface area contributed by atoms with Gasteiger partial charge in [-0.15, -0.1) is 0 Å². The Balaban J connectivity index is 2.18. The minimum atomic E-state index is -0.934. The number of nitrogens with zero attached hydrogens (tertiary/aromatic N) is 2. The Labute approximate surface area is 122 Å². The summed E-state index contributed by atoms with van der Waals surface area (Å²) in [7, 11) is 1.66. The molecule has 0 aliphatic carbocycles. The van der Waals surface area contributed by atoms with E-state index in [1.54, 1.807) is 35.9 Å². The second kappa shape index (κ2) is 5.81. The number of carboxylic acid groups (broad SMARTS) is 1. The Hall–Kier alpha value is -1.59. The summed E-state index contributed by atoms with van der Waals surface area (Å²) in [6, 6.07) is 6.05. The number of benzene rings is 1. The third kappa shape index (κ3) is 2.64. The van der Waals surface area contributed by atoms with Crippen LogP contribution in [0.25, 0.3) is 0 Å². The van der Waals surface area contributed by atoms with E-state index in [0.29, 0.717) is 23.7 Å². The number of carbonyl (C=O) groups is 2. The minimum Gasteiger partial charge on any atom is -0.480 e. The van der Waals surface area contributed by atoms with Gasteiger partial charge in [0.2, 0.25) is 5.91 Å². The molecule has 0 unspecified atom stereocenters. The van der Waals surface area contributed by atoms with E-state index < -0.39 is 18.1 Å². The number of likely N-dealkylation sites (N-methyl/N-ethyl adjacent to an activating group) is 1. The number of carboxylic acids is 1. The van der Waals surface area contributed by atoms with E-state index in [2.05, 4.69) is 0 Å². The number of para-hydroxylation sites is 1. The van der Waals surface area contributed by atoms with Crippen molar-refractivity contribution in [3.8, 4) is 0 Å². The van der Waals surface area contributed by atoms with Crippen LogP contribution in [0.15, 0.2) is 24.3 Å². The maximum absolute atomic E-state index is 12.5. The van der Waals surface area contributed by atoms with Gasteiger partial charge in [0.05, 0.1) is 16.8 Å². The Morgan fingerprint density at radius 3 is 2.75 bits per heavy atom. The van der Waals surface area contributed by atoms with Gasteiger partial charge in [0.1, 0.15) is 6.04 Å². The van der Waals surface area contributed by atoms with Crippen LogP contribution >= 0.6 is 11.6 Å². The molecule has 108 valence electrons. The van der Waals surface area contributed by atoms with Crippen molar-refractivity contribution in [3.05, 3.63) is 29.3 Å². The predicted molar refractivity (Wildman–Crippen MR) is 77.1 cm³/mol. The number of anilines is 1. The molecule has 6 heteroatoms. The topological polar surface area (TPSA) is 60.9 Å². The van der Waals surface area contributed by atoms with Crippen LogP contribution in [0.4, 0.5) is 5.69 Å². The van der Waals surface area contributed by atoms with E-state index in [1.165, 1.54) is 0 Å². The Morgan fingerprint density at radius 1 is 1.50 bits per heavy atom. The maximum atomic E-state index is 12.5. The van der Waals surface area contributed by atoms with Crippen molar-refractivity contribution in [2.45, 2.75) is 25.4 Å². The minimum absolute atomic E-state index is 0.103. The molecule has 5 nitrogen and oxygen atoms in total. The van der Waals surface area contributed by atoms with Gasteiger partial charge < -0.3 is 10.0 Å². The second-order valence-electron chi connectivity index (χ2n) is 4.93. The van der Waals surface area contributed by atoms with Crippen molar-refractivity contribution in [2.75, 3.05) is 18.5 Å². The zero-order chi connectivity index (χ0) is 14.9. The van der Waals surface area contributed by atoms with Crippen LogP contribution in [0.5, 0.6) is 0 Å². The lowest BCUT2D eigenvalue weighted by molar-refractivity contribution is -0.143. The normalized spacial score (nSPS) is 20.5. The van der Waals surface area contributed by atoms with E-state index in [4.69, 9.17) is 16.7 Å². The highest BCUT2D eigenvalue weighted by molar-refractivity contribution is 6.33. The monoisotopic (exact) mass is 296 g/mol. The van der Waals surface area contributed by atoms with Crippen molar-refractivity contribution < 1.29 is 14.7 Å². The van der Waals surface area contributed by atoms with Crippen molar-refractivity contribution >= 4 is 29.2 Å². The van der Waals surface area contributed by atoms with Crippen molar-refractivity contribution in [1.82, 2.24) is 4.90 Å². The first-order valence-electron chi connectivity index (χ1n) is 6.44. The molecule has 20 heavy (non-hydrogen) atoms. The number of amides is 1. The van der Waals surface area contributed by atoms with E-state index in [9.17, 15) is 9.59 Å². The molecule has 0 spiro atoms. The molecule has 1 fully saturated rings. The molecule has 0 radical (unpaired) electrons. The van der Waals surface area contributed by atoms with E-state index in [-0.39, 0.29) is 5.91 Å². The largest absolute Gasteiger partial charge is 0.480 e. The number of rotatable bonds is 4. The van der Waals surface area contributed by atoms with Crippen LogP contribution in [-0.2, 0) is 9.59 Å². The highest BCUT2D eigenvalue weighted by atomic mass is 35.5. The quantitative estimate of drug-likeness (QED) is 0.921. The third-order valence-electron chi connectivity index (χ3n) is 3.78. The molecule has 0 bridgehead atoms. The molecular weight excluding hydrogens is 280 g/mol. The summed E-state index contributed by atoms with van der Waals surface area (Å²) >= 11 is 6.11. The smallest absolute Gasteiger partial charge is 0.320 e. The number of carbonyl (C=O) groups excluding carboxylic acids is 1. The number of hydrogen-bond donors (Lipinski definition) is 1. The summed E-state index contributed by atoms with van der Waals surface area (Å²) in [5.41, 5.74) is 0.679. The molecule has 2 rings (SSSR count). The van der Waals surface area contributed by atoms with Crippen molar-refractivity contribution in [1.29, 1.82) is 0 Å². The Kier molecular flexibility index (Phi) is 4.30. The highest BCUT2D eigenvalue weighted by Gasteiger charge is 2.38. The van der Waals surface area contributed by atoms with Crippen LogP contribution in [0.1, 0.15) is 13.3 Å². The van der Waals surface area contributed by atoms with Crippen molar-refractivity contribution in [2.24, 2.45) is 0 Å². The summed E-state index contributed by atoms with van der Waals surface area (Å²) < 4.78 is 0. The van der Waals surface area contributed by atoms with Gasteiger partial charge in [0.25, 0.3) is 0 Å². The molecule has 2 atom stereocenters. The molecule has 1 aromatic rings. The van der Waals surface area contributed by atoms with Crippen LogP contribution in [0, 0.1) is 0 Å². The van der Waals surface area contributed by atoms with E-state index in [1.807, 2.05) is 12.1 Å². The van der Waals surface area contributed by atoms with Crippen molar-refractivity contribution in [3.63, 3.8) is 0 Å². The van der Waals surface area contributed by atoms with Crippen LogP contribution in [0.3, 0.4) is 0 Å². The van der Waals surface area contributed by atoms with Gasteiger partial charge in [-0.25, -0.2) is 0 Å². The molecule has 1 aromatic carbocycles. The average molecular weight is 297 g/mol. The third-order valence-corrected chi connectivity index (χ3v) is 4.10. The van der Waals surface area contributed by atoms with Gasteiger partial charge in [-0.2, -0.15) is 0 Å². The Bertz CT molecular complexity index is 535. The zero-order valence-corrected chi connectivity index (χ0v) is 12.2. The van der Waals surface area contributed by atoms with E-state index in [0.717, 1.165) is 0 Å². The standard InChI is InChI=1S/C14H17ClN2O3/c1-9(14(19)20)16(2)12-7-8-17(13(12)18)11-6-4-3-5-10(11)15/h3-6,9,12H,7-8H2,1-2H3,(H,19,20)/t9-,12-/m0/s1. The molecule has 1 amide bonds. The first-order valence-corrected chi connectivity index (χ1v) is 6.82. The average Bonchev–Trinajstić information content (AvgIpc) is 2.79. The summed E-state index contributed by atoms with van der Waals surface area (Å²) in [4.78, 5) is 26.7. The van der Waals surface area contributed by atoms with Gasteiger partial charge >= 0.3 is 5.97 Å². The molecule has 0 aromatic heterocycles. The van der Waals surface area contributed by atoms with E-state index >= 15 is 0 Å². The lowest BCUT2D eigenvalue weighted by Crippen LogP contribution is -2.47. The molecule has 1 saturated heterocycles. The lowest BCUT2D eigenvalue weighted by atomic mass is 10.1. The van der Waals surface area contributed by atoms with Crippen LogP contribution in [-0.4, -0.2) is 47.6 Å². The summed E-state index contributed by atoms with van der Waals surface area (Å²) in [5, 5.41) is 9.56. The molecule has 1 heterocycles. The zero-order valence-electron chi connectivity index (χ0n) is 11.4. The molecule has 0 saturated carbocycles. The van der Waals surface area contributed by atoms with Gasteiger partial charge in [-0.05, 0) is 32.5 Å². The van der Waals surface area contributed by atoms with Gasteiger partial charge in [-0.1, -0.05) is 23.7 Å². The lowest BCUT2D eigenvalue weighted by Gasteiger charge is -2.27. The molecule has 1 aliphatic heterocycles. The molecular formula is C14H17ClN2O3. The fourth-order valence-electron chi connectivity index (χ4n) is 2.40. The first-order chi connectivity index (χ1) is 9.43. The maximum Gasteiger partial charge on any atom is 0.320 e. The number of halogens is 1. The molecule has 1 aliphatic rings. The number of aliphatic carboxylic acids is 1. The number of hydrogen-bond acceptors (Lipinski definition) is 3. The summed E-state index contributed by atoms with van der Waals surface area (Å²) in [5.74, 6) is -1.04. The second-order valence-corrected chi connectivity index (χ2v) is 5.33. The van der Waals surface area contributed by atoms with Gasteiger partial charge in [-0.3, -0.25) is 14.5 Å². The van der Waals surface area contributed by atoms with Crippen LogP contribution in [0.2, 0.25) is 5.02 Å². The van der Waals surface area contributed by atoms with Crippen LogP contribution < -0.4 is 4.90 Å². The van der Waals surface area contributed by atoms with Gasteiger partial charge in [0, 0.05) is 6.54 Å². The first kappa shape index (κ1) is 14.8. The summed E-state index contributed by atoms with van der Waals surface area (Å²) in [6.45, 7) is 2.12. The molecule has 1 N–H and O–H groups in total. The summed E-state index contributed by atoms with van der Waals surface area (Å²) in [6.07, 6.45) is 0.595. The van der Waals surface area contributed by atoms with Gasteiger partial charge in [0.15, 0.2) is 0 Å². The fourth-order valence-corrected chi connectivity index (χ4v) is 2.63. The highest BCUT2D eigenvalue weighted by Crippen LogP contribution is 2.30. The SMILES string of the molecule is C[C@@H](C(=O)O)N(C)[C@H]1CCN(c2ccccc2Cl)C1=O.